The van der Waals surface area contributed by atoms with Crippen LogP contribution >= 0.6 is 23.2 Å². The molecule has 6 aromatic rings. The molecule has 6 unspecified atom stereocenters. The largest absolute Gasteiger partial charge is 0.391 e. The molecule has 430 valence electrons. The van der Waals surface area contributed by atoms with Crippen LogP contribution in [0.2, 0.25) is 10.2 Å². The SMILES string of the molecule is Cc1c(C(=O)CN2C3CCC2[C@@H](O)C3)c(Cl)c(Cl)n1-c1ccc(C#N)cc1.Cc1c(C(=O)CN2C3CCC2[C@@H](O)C3)cc(C2CC2)n1-c1ccc(C#N)cc1.Cc1cc(C(=O)CN2C3CCC2[C@@H](O)C3)c(C)n1-c1ccc(C#N)c(F)c1F. The number of carbonyl (C=O) groups excluding carboxylic acids is 3. The molecule has 13 rings (SSSR count). The highest BCUT2D eigenvalue weighted by atomic mass is 35.5. The maximum Gasteiger partial charge on any atom is 0.184 e. The van der Waals surface area contributed by atoms with Gasteiger partial charge < -0.3 is 29.0 Å². The normalized spacial score (nSPS) is 24.9. The molecule has 6 saturated heterocycles. The van der Waals surface area contributed by atoms with Gasteiger partial charge in [0.15, 0.2) is 29.0 Å². The maximum atomic E-state index is 14.5. The topological polar surface area (TPSA) is 208 Å². The predicted octanol–water partition coefficient (Wildman–Crippen LogP) is 10.1. The van der Waals surface area contributed by atoms with Crippen LogP contribution in [0.15, 0.2) is 72.8 Å². The molecule has 1 saturated carbocycles. The number of aliphatic hydroxyl groups is 3. The second-order valence-electron chi connectivity index (χ2n) is 23.5. The number of fused-ring (bicyclic) bond motifs is 6. The van der Waals surface area contributed by atoms with Crippen molar-refractivity contribution in [3.05, 3.63) is 156 Å². The zero-order valence-corrected chi connectivity index (χ0v) is 48.2. The number of aryl methyl sites for hydroxylation is 1. The van der Waals surface area contributed by atoms with Crippen molar-refractivity contribution in [2.24, 2.45) is 0 Å². The van der Waals surface area contributed by atoms with Crippen LogP contribution in [0, 0.1) is 73.3 Å². The molecule has 9 heterocycles. The Kier molecular flexibility index (Phi) is 16.3. The van der Waals surface area contributed by atoms with Crippen molar-refractivity contribution in [3.8, 4) is 35.3 Å². The first-order valence-corrected chi connectivity index (χ1v) is 29.4. The number of rotatable bonds is 13. The molecule has 15 nitrogen and oxygen atoms in total. The van der Waals surface area contributed by atoms with Gasteiger partial charge in [0.2, 0.25) is 0 Å². The Balaban J connectivity index is 0.000000130. The average molecular weight is 1170 g/mol. The van der Waals surface area contributed by atoms with E-state index in [0.29, 0.717) is 64.3 Å². The number of benzene rings is 3. The highest BCUT2D eigenvalue weighted by Crippen LogP contribution is 2.45. The van der Waals surface area contributed by atoms with Crippen molar-refractivity contribution in [3.63, 3.8) is 0 Å². The average Bonchev–Trinajstić information content (AvgIpc) is 3.77. The number of ketones is 3. The van der Waals surface area contributed by atoms with Crippen LogP contribution in [-0.4, -0.2) is 135 Å². The number of nitriles is 3. The van der Waals surface area contributed by atoms with E-state index in [1.54, 1.807) is 54.8 Å². The van der Waals surface area contributed by atoms with Gasteiger partial charge in [0.05, 0.1) is 83.0 Å². The molecule has 1 aliphatic carbocycles. The van der Waals surface area contributed by atoms with E-state index in [1.807, 2.05) is 38.1 Å². The van der Waals surface area contributed by atoms with E-state index >= 15 is 0 Å². The summed E-state index contributed by atoms with van der Waals surface area (Å²) >= 11 is 12.9. The number of aromatic nitrogens is 3. The summed E-state index contributed by atoms with van der Waals surface area (Å²) in [5.74, 6) is -1.82. The first-order chi connectivity index (χ1) is 39.8. The molecular formula is C64H65Cl2F2N9O6. The first-order valence-electron chi connectivity index (χ1n) is 28.6. The fourth-order valence-corrected chi connectivity index (χ4v) is 15.1. The minimum absolute atomic E-state index is 0.0257. The van der Waals surface area contributed by atoms with Crippen molar-refractivity contribution in [1.29, 1.82) is 15.8 Å². The molecule has 6 bridgehead atoms. The van der Waals surface area contributed by atoms with Gasteiger partial charge in [-0.1, -0.05) is 23.2 Å². The molecule has 3 aromatic carbocycles. The van der Waals surface area contributed by atoms with Gasteiger partial charge in [0, 0.05) is 87.2 Å². The van der Waals surface area contributed by atoms with Crippen LogP contribution in [0.1, 0.15) is 153 Å². The van der Waals surface area contributed by atoms with Crippen molar-refractivity contribution >= 4 is 40.6 Å². The summed E-state index contributed by atoms with van der Waals surface area (Å²) in [6.45, 7) is 8.10. The molecule has 83 heavy (non-hydrogen) atoms. The number of hydrogen-bond acceptors (Lipinski definition) is 12. The van der Waals surface area contributed by atoms with Gasteiger partial charge >= 0.3 is 0 Å². The van der Waals surface area contributed by atoms with Gasteiger partial charge in [-0.15, -0.1) is 0 Å². The Morgan fingerprint density at radius 1 is 0.542 bits per heavy atom. The molecule has 3 N–H and O–H groups in total. The van der Waals surface area contributed by atoms with Crippen LogP contribution in [0.25, 0.3) is 17.1 Å². The summed E-state index contributed by atoms with van der Waals surface area (Å²) in [6, 6.07) is 27.8. The van der Waals surface area contributed by atoms with Crippen molar-refractivity contribution in [1.82, 2.24) is 28.4 Å². The van der Waals surface area contributed by atoms with Crippen molar-refractivity contribution < 1.29 is 38.5 Å². The fraction of sp³-hybridized carbons (Fsp3) is 0.438. The molecular weight excluding hydrogens is 1100 g/mol. The van der Waals surface area contributed by atoms with Crippen LogP contribution in [0.5, 0.6) is 0 Å². The Hall–Kier alpha value is -6.82. The van der Waals surface area contributed by atoms with E-state index in [0.717, 1.165) is 86.8 Å². The number of nitrogens with zero attached hydrogens (tertiary/aromatic N) is 9. The number of hydrogen-bond donors (Lipinski definition) is 3. The van der Waals surface area contributed by atoms with Gasteiger partial charge in [-0.05, 0) is 177 Å². The van der Waals surface area contributed by atoms with Gasteiger partial charge in [0.25, 0.3) is 0 Å². The third-order valence-corrected chi connectivity index (χ3v) is 19.6. The van der Waals surface area contributed by atoms with Gasteiger partial charge in [0.1, 0.15) is 11.2 Å². The molecule has 0 spiro atoms. The van der Waals surface area contributed by atoms with E-state index < -0.39 is 11.6 Å². The Morgan fingerprint density at radius 2 is 0.988 bits per heavy atom. The summed E-state index contributed by atoms with van der Waals surface area (Å²) in [5, 5.41) is 57.7. The number of aliphatic hydroxyl groups excluding tert-OH is 3. The third kappa shape index (κ3) is 10.7. The van der Waals surface area contributed by atoms with Crippen molar-refractivity contribution in [2.45, 2.75) is 159 Å². The Morgan fingerprint density at radius 3 is 1.41 bits per heavy atom. The smallest absolute Gasteiger partial charge is 0.184 e. The second kappa shape index (κ2) is 23.3. The third-order valence-electron chi connectivity index (χ3n) is 18.7. The molecule has 3 aromatic heterocycles. The lowest BCUT2D eigenvalue weighted by molar-refractivity contribution is 0.0864. The molecule has 0 amide bonds. The highest BCUT2D eigenvalue weighted by Gasteiger charge is 2.49. The number of Topliss-reactive ketones (excluding diaryl/α,β-unsaturated/α-hetero) is 3. The lowest BCUT2D eigenvalue weighted by Crippen LogP contribution is -2.36. The van der Waals surface area contributed by atoms with Gasteiger partial charge in [-0.2, -0.15) is 15.8 Å². The molecule has 9 atom stereocenters. The molecule has 7 aliphatic rings. The van der Waals surface area contributed by atoms with E-state index in [9.17, 15) is 38.5 Å². The predicted molar refractivity (Wildman–Crippen MR) is 308 cm³/mol. The van der Waals surface area contributed by atoms with Crippen molar-refractivity contribution in [2.75, 3.05) is 19.6 Å². The van der Waals surface area contributed by atoms with E-state index in [-0.39, 0.29) is 100 Å². The van der Waals surface area contributed by atoms with Crippen LogP contribution in [-0.2, 0) is 0 Å². The Labute approximate surface area is 491 Å². The van der Waals surface area contributed by atoms with Gasteiger partial charge in [-0.25, -0.2) is 8.78 Å². The highest BCUT2D eigenvalue weighted by molar-refractivity contribution is 6.44. The van der Waals surface area contributed by atoms with Crippen LogP contribution < -0.4 is 0 Å². The molecule has 0 radical (unpaired) electrons. The van der Waals surface area contributed by atoms with Gasteiger partial charge in [-0.3, -0.25) is 29.1 Å². The summed E-state index contributed by atoms with van der Waals surface area (Å²) in [7, 11) is 0. The van der Waals surface area contributed by atoms with E-state index in [1.165, 1.54) is 22.4 Å². The molecule has 7 fully saturated rings. The lowest BCUT2D eigenvalue weighted by atomic mass is 9.98. The minimum Gasteiger partial charge on any atom is -0.391 e. The standard InChI is InChI=1S/C23H25N3O2.C21H21F2N3O2.C20H19Cl2N3O2/c1-14-19(23(28)13-25-18-8-9-20(25)22(27)10-18)11-21(16-4-5-16)26(14)17-6-2-15(12-24)3-7-17;1-11-7-15(19(28)10-25-14-4-6-16(25)18(27)8-14)12(2)26(11)17-5-3-13(9-24)20(22)21(17)23;1-11-18(17(27)10-24-14-6-7-15(24)16(26)8-14)19(21)20(22)25(11)13-4-2-12(9-23)3-5-13/h2-3,6-7,11,16,18,20,22,27H,4-5,8-10,13H2,1H3;3,5,7,14,16,18,27H,4,6,8,10H2,1-2H3;2-5,14-16,26H,6-8,10H2,1H3/t18?,20?,22-;14?,16?,18-;14?,15?,16-/m000/s1. The minimum atomic E-state index is -1.19. The summed E-state index contributed by atoms with van der Waals surface area (Å²) in [6.07, 6.45) is 9.48. The molecule has 6 aliphatic heterocycles. The molecule has 19 heteroatoms. The van der Waals surface area contributed by atoms with Crippen LogP contribution in [0.3, 0.4) is 0 Å². The van der Waals surface area contributed by atoms with E-state index in [4.69, 9.17) is 39.0 Å². The Bertz CT molecular complexity index is 3680. The summed E-state index contributed by atoms with van der Waals surface area (Å²) < 4.78 is 34.0. The lowest BCUT2D eigenvalue weighted by Gasteiger charge is -2.21. The second-order valence-corrected chi connectivity index (χ2v) is 24.2. The fourth-order valence-electron chi connectivity index (χ4n) is 14.5. The monoisotopic (exact) mass is 1160 g/mol. The zero-order chi connectivity index (χ0) is 58.9. The summed E-state index contributed by atoms with van der Waals surface area (Å²) in [5.41, 5.74) is 8.22. The van der Waals surface area contributed by atoms with Crippen LogP contribution in [0.4, 0.5) is 8.78 Å². The zero-order valence-electron chi connectivity index (χ0n) is 46.7. The van der Waals surface area contributed by atoms with E-state index in [2.05, 4.69) is 37.5 Å². The number of carbonyl (C=O) groups is 3. The summed E-state index contributed by atoms with van der Waals surface area (Å²) in [4.78, 5) is 45.6. The quantitative estimate of drug-likeness (QED) is 0.0924. The first kappa shape index (κ1) is 58.0. The number of halogens is 4. The maximum absolute atomic E-state index is 14.5.